The molecule has 3 N–H and O–H groups in total. The quantitative estimate of drug-likeness (QED) is 0.384. The summed E-state index contributed by atoms with van der Waals surface area (Å²) in [6.07, 6.45) is 2.33. The van der Waals surface area contributed by atoms with E-state index in [1.165, 1.54) is 0 Å². The first-order chi connectivity index (χ1) is 14.9. The maximum atomic E-state index is 12.3. The summed E-state index contributed by atoms with van der Waals surface area (Å²) in [6.45, 7) is 3.86. The van der Waals surface area contributed by atoms with Crippen molar-refractivity contribution in [2.75, 3.05) is 5.73 Å². The molecule has 0 aliphatic carbocycles. The highest BCUT2D eigenvalue weighted by molar-refractivity contribution is 6.17. The Morgan fingerprint density at radius 2 is 1.97 bits per heavy atom. The Morgan fingerprint density at radius 1 is 1.19 bits per heavy atom. The van der Waals surface area contributed by atoms with E-state index in [1.807, 2.05) is 38.1 Å². The van der Waals surface area contributed by atoms with Gasteiger partial charge < -0.3 is 15.6 Å². The highest BCUT2D eigenvalue weighted by Crippen LogP contribution is 2.35. The van der Waals surface area contributed by atoms with E-state index in [0.29, 0.717) is 12.1 Å². The number of aryl methyl sites for hydroxylation is 2. The highest BCUT2D eigenvalue weighted by atomic mass is 28.1. The summed E-state index contributed by atoms with van der Waals surface area (Å²) < 4.78 is 7.52. The fraction of sp³-hybridized carbons (Fsp3) is 0.261. The predicted octanol–water partition coefficient (Wildman–Crippen LogP) is 2.70. The van der Waals surface area contributed by atoms with E-state index >= 15 is 0 Å². The number of hydrogen-bond donors (Lipinski definition) is 2. The van der Waals surface area contributed by atoms with E-state index < -0.39 is 5.16 Å². The molecule has 0 bridgehead atoms. The lowest BCUT2D eigenvalue weighted by Crippen LogP contribution is -2.51. The van der Waals surface area contributed by atoms with Gasteiger partial charge in [-0.1, -0.05) is 11.2 Å². The van der Waals surface area contributed by atoms with E-state index in [-0.39, 0.29) is 5.91 Å². The maximum absolute atomic E-state index is 12.3. The molecule has 0 spiro atoms. The van der Waals surface area contributed by atoms with E-state index in [9.17, 15) is 4.79 Å². The fourth-order valence-corrected chi connectivity index (χ4v) is 5.56. The zero-order valence-electron chi connectivity index (χ0n) is 17.9. The molecule has 158 valence electrons. The van der Waals surface area contributed by atoms with Gasteiger partial charge in [0.25, 0.3) is 0 Å². The van der Waals surface area contributed by atoms with Crippen LogP contribution in [-0.2, 0) is 9.96 Å². The topological polar surface area (TPSA) is 99.0 Å². The van der Waals surface area contributed by atoms with Crippen LogP contribution in [0.15, 0.2) is 47.0 Å². The standard InChI is InChI=1S/C23H25N5O2Si/c1-13-21(14(2)30-27-13)15-5-10-19-18(12-15)25-22(23(31)11-3-4-20(29)26-23)28(19)17-8-6-16(24)7-9-17/h5-10,12H,3-4,11,24H2,1-2,31H3,(H,26,29)/t23-/m0/s1. The van der Waals surface area contributed by atoms with Crippen LogP contribution in [0.25, 0.3) is 27.8 Å². The third-order valence-electron chi connectivity index (χ3n) is 6.12. The zero-order valence-corrected chi connectivity index (χ0v) is 19.9. The van der Waals surface area contributed by atoms with Crippen LogP contribution in [-0.4, -0.2) is 30.9 Å². The number of piperidine rings is 1. The molecule has 1 atom stereocenters. The summed E-state index contributed by atoms with van der Waals surface area (Å²) in [4.78, 5) is 17.4. The van der Waals surface area contributed by atoms with Gasteiger partial charge in [0, 0.05) is 33.6 Å². The number of carbonyl (C=O) groups is 1. The molecular formula is C23H25N5O2Si. The van der Waals surface area contributed by atoms with Gasteiger partial charge in [-0.25, -0.2) is 4.98 Å². The third-order valence-corrected chi connectivity index (χ3v) is 7.31. The summed E-state index contributed by atoms with van der Waals surface area (Å²) in [5, 5.41) is 6.91. The lowest BCUT2D eigenvalue weighted by atomic mass is 10.0. The number of hydrogen-bond acceptors (Lipinski definition) is 5. The molecule has 1 amide bonds. The molecule has 0 radical (unpaired) electrons. The van der Waals surface area contributed by atoms with Crippen LogP contribution < -0.4 is 11.1 Å². The Balaban J connectivity index is 1.75. The summed E-state index contributed by atoms with van der Waals surface area (Å²) in [5.74, 6) is 1.76. The van der Waals surface area contributed by atoms with Gasteiger partial charge in [0.15, 0.2) is 0 Å². The summed E-state index contributed by atoms with van der Waals surface area (Å²) >= 11 is 0. The van der Waals surface area contributed by atoms with Crippen LogP contribution in [0.4, 0.5) is 5.69 Å². The van der Waals surface area contributed by atoms with Gasteiger partial charge in [-0.05, 0) is 68.7 Å². The van der Waals surface area contributed by atoms with Gasteiger partial charge >= 0.3 is 0 Å². The molecule has 7 nitrogen and oxygen atoms in total. The number of aromatic nitrogens is 3. The second-order valence-electron chi connectivity index (χ2n) is 8.50. The predicted molar refractivity (Wildman–Crippen MR) is 124 cm³/mol. The van der Waals surface area contributed by atoms with E-state index in [4.69, 9.17) is 15.2 Å². The summed E-state index contributed by atoms with van der Waals surface area (Å²) in [6, 6.07) is 14.0. The number of fused-ring (bicyclic) bond motifs is 1. The molecule has 2 aromatic carbocycles. The monoisotopic (exact) mass is 431 g/mol. The zero-order chi connectivity index (χ0) is 21.8. The van der Waals surface area contributed by atoms with Gasteiger partial charge in [-0.2, -0.15) is 0 Å². The minimum atomic E-state index is -0.418. The number of anilines is 1. The average Bonchev–Trinajstić information content (AvgIpc) is 3.28. The molecular weight excluding hydrogens is 406 g/mol. The van der Waals surface area contributed by atoms with Crippen LogP contribution in [0, 0.1) is 13.8 Å². The van der Waals surface area contributed by atoms with Crippen LogP contribution in [0.5, 0.6) is 0 Å². The van der Waals surface area contributed by atoms with Gasteiger partial charge in [0.05, 0.1) is 21.9 Å². The third kappa shape index (κ3) is 3.23. The SMILES string of the molecule is Cc1noc(C)c1-c1ccc2c(c1)nc([C@@]1([SiH3])CCCC(=O)N1)n2-c1ccc(N)cc1. The van der Waals surface area contributed by atoms with Crippen molar-refractivity contribution in [3.05, 3.63) is 59.7 Å². The fourth-order valence-electron chi connectivity index (χ4n) is 4.59. The van der Waals surface area contributed by atoms with Crippen molar-refractivity contribution >= 4 is 32.9 Å². The Bertz CT molecular complexity index is 1290. The Morgan fingerprint density at radius 3 is 2.65 bits per heavy atom. The number of amides is 1. The number of nitrogens with zero attached hydrogens (tertiary/aromatic N) is 3. The van der Waals surface area contributed by atoms with Crippen LogP contribution in [0.3, 0.4) is 0 Å². The first-order valence-corrected chi connectivity index (χ1v) is 11.5. The lowest BCUT2D eigenvalue weighted by Gasteiger charge is -2.34. The Kier molecular flexibility index (Phi) is 4.47. The van der Waals surface area contributed by atoms with E-state index in [1.54, 1.807) is 0 Å². The first-order valence-electron chi connectivity index (χ1n) is 10.5. The van der Waals surface area contributed by atoms with Crippen molar-refractivity contribution < 1.29 is 9.32 Å². The van der Waals surface area contributed by atoms with Crippen molar-refractivity contribution in [2.24, 2.45) is 0 Å². The second-order valence-corrected chi connectivity index (χ2v) is 10.2. The molecule has 5 rings (SSSR count). The van der Waals surface area contributed by atoms with Crippen molar-refractivity contribution in [3.8, 4) is 16.8 Å². The Labute approximate surface area is 183 Å². The number of nitrogen functional groups attached to an aromatic ring is 1. The molecule has 1 aliphatic rings. The first kappa shape index (κ1) is 19.6. The lowest BCUT2D eigenvalue weighted by molar-refractivity contribution is -0.124. The number of benzene rings is 2. The Hall–Kier alpha value is -3.39. The molecule has 31 heavy (non-hydrogen) atoms. The summed E-state index contributed by atoms with van der Waals surface area (Å²) in [5.41, 5.74) is 12.4. The normalized spacial score (nSPS) is 19.1. The molecule has 4 aromatic rings. The molecule has 1 fully saturated rings. The molecule has 3 heterocycles. The van der Waals surface area contributed by atoms with Gasteiger partial charge in [0.2, 0.25) is 5.91 Å². The van der Waals surface area contributed by atoms with Crippen LogP contribution >= 0.6 is 0 Å². The second kappa shape index (κ2) is 7.09. The van der Waals surface area contributed by atoms with E-state index in [0.717, 1.165) is 68.2 Å². The van der Waals surface area contributed by atoms with E-state index in [2.05, 4.69) is 33.2 Å². The largest absolute Gasteiger partial charge is 0.399 e. The number of nitrogens with two attached hydrogens (primary N) is 1. The minimum absolute atomic E-state index is 0.0913. The van der Waals surface area contributed by atoms with Gasteiger partial charge in [-0.15, -0.1) is 0 Å². The number of carbonyl (C=O) groups excluding carboxylic acids is 1. The number of nitrogens with one attached hydrogen (secondary N) is 1. The molecule has 1 saturated heterocycles. The van der Waals surface area contributed by atoms with Crippen molar-refractivity contribution in [1.29, 1.82) is 0 Å². The minimum Gasteiger partial charge on any atom is -0.399 e. The van der Waals surface area contributed by atoms with Crippen LogP contribution in [0.1, 0.15) is 36.5 Å². The van der Waals surface area contributed by atoms with Crippen molar-refractivity contribution in [2.45, 2.75) is 38.3 Å². The average molecular weight is 432 g/mol. The molecule has 8 heteroatoms. The number of rotatable bonds is 3. The smallest absolute Gasteiger partial charge is 0.220 e. The van der Waals surface area contributed by atoms with Crippen molar-refractivity contribution in [3.63, 3.8) is 0 Å². The van der Waals surface area contributed by atoms with Gasteiger partial charge in [0.1, 0.15) is 11.6 Å². The molecule has 2 aromatic heterocycles. The van der Waals surface area contributed by atoms with Gasteiger partial charge in [-0.3, -0.25) is 9.36 Å². The molecule has 0 saturated carbocycles. The summed E-state index contributed by atoms with van der Waals surface area (Å²) in [7, 11) is 0.753. The maximum Gasteiger partial charge on any atom is 0.220 e. The van der Waals surface area contributed by atoms with Crippen molar-refractivity contribution in [1.82, 2.24) is 20.0 Å². The highest BCUT2D eigenvalue weighted by Gasteiger charge is 2.37. The number of imidazole rings is 1. The van der Waals surface area contributed by atoms with Crippen LogP contribution in [0.2, 0.25) is 0 Å². The molecule has 0 unspecified atom stereocenters. The molecule has 1 aliphatic heterocycles.